The average molecular weight is 296 g/mol. The highest BCUT2D eigenvalue weighted by atomic mass is 16.5. The SMILES string of the molecule is COc1ccc([C@@H](C#N)NC23CC4CC(CC(C4)C2)C3)cc1. The third-order valence-corrected chi connectivity index (χ3v) is 6.07. The summed E-state index contributed by atoms with van der Waals surface area (Å²) in [5.74, 6) is 3.53. The summed E-state index contributed by atoms with van der Waals surface area (Å²) in [6.07, 6.45) is 8.11. The van der Waals surface area contributed by atoms with Crippen LogP contribution in [0.15, 0.2) is 24.3 Å². The average Bonchev–Trinajstić information content (AvgIpc) is 2.51. The first-order valence-corrected chi connectivity index (χ1v) is 8.51. The number of rotatable bonds is 4. The largest absolute Gasteiger partial charge is 0.497 e. The number of nitriles is 1. The molecule has 4 bridgehead atoms. The lowest BCUT2D eigenvalue weighted by atomic mass is 9.53. The van der Waals surface area contributed by atoms with Gasteiger partial charge in [0.15, 0.2) is 0 Å². The molecule has 1 atom stereocenters. The van der Waals surface area contributed by atoms with Gasteiger partial charge >= 0.3 is 0 Å². The van der Waals surface area contributed by atoms with E-state index in [1.807, 2.05) is 24.3 Å². The van der Waals surface area contributed by atoms with Crippen LogP contribution in [0.2, 0.25) is 0 Å². The molecule has 5 rings (SSSR count). The van der Waals surface area contributed by atoms with Gasteiger partial charge in [-0.15, -0.1) is 0 Å². The van der Waals surface area contributed by atoms with E-state index in [9.17, 15) is 5.26 Å². The van der Waals surface area contributed by atoms with Crippen molar-refractivity contribution in [3.05, 3.63) is 29.8 Å². The molecular formula is C19H24N2O. The Labute approximate surface area is 132 Å². The van der Waals surface area contributed by atoms with E-state index in [0.717, 1.165) is 29.1 Å². The van der Waals surface area contributed by atoms with Crippen molar-refractivity contribution in [2.24, 2.45) is 17.8 Å². The summed E-state index contributed by atoms with van der Waals surface area (Å²) in [7, 11) is 1.67. The molecule has 3 heteroatoms. The summed E-state index contributed by atoms with van der Waals surface area (Å²) < 4.78 is 5.21. The van der Waals surface area contributed by atoms with E-state index in [1.54, 1.807) is 7.11 Å². The maximum Gasteiger partial charge on any atom is 0.121 e. The number of hydrogen-bond donors (Lipinski definition) is 1. The van der Waals surface area contributed by atoms with Crippen LogP contribution in [0.5, 0.6) is 5.75 Å². The molecule has 1 aromatic rings. The summed E-state index contributed by atoms with van der Waals surface area (Å²) in [5, 5.41) is 13.4. The highest BCUT2D eigenvalue weighted by molar-refractivity contribution is 5.32. The number of nitrogens with zero attached hydrogens (tertiary/aromatic N) is 1. The van der Waals surface area contributed by atoms with E-state index in [0.29, 0.717) is 0 Å². The summed E-state index contributed by atoms with van der Waals surface area (Å²) in [6, 6.07) is 10.2. The van der Waals surface area contributed by atoms with E-state index < -0.39 is 0 Å². The lowest BCUT2D eigenvalue weighted by molar-refractivity contribution is -0.0226. The molecule has 0 radical (unpaired) electrons. The van der Waals surface area contributed by atoms with Gasteiger partial charge < -0.3 is 4.74 Å². The summed E-state index contributed by atoms with van der Waals surface area (Å²) >= 11 is 0. The number of ether oxygens (including phenoxy) is 1. The molecule has 0 spiro atoms. The van der Waals surface area contributed by atoms with Crippen LogP contribution in [0.3, 0.4) is 0 Å². The summed E-state index contributed by atoms with van der Waals surface area (Å²) in [4.78, 5) is 0. The van der Waals surface area contributed by atoms with Crippen LogP contribution in [-0.4, -0.2) is 12.6 Å². The van der Waals surface area contributed by atoms with E-state index in [4.69, 9.17) is 4.74 Å². The van der Waals surface area contributed by atoms with Crippen molar-refractivity contribution in [1.29, 1.82) is 5.26 Å². The maximum absolute atomic E-state index is 9.66. The van der Waals surface area contributed by atoms with Gasteiger partial charge in [-0.25, -0.2) is 0 Å². The molecule has 4 aliphatic rings. The minimum Gasteiger partial charge on any atom is -0.497 e. The van der Waals surface area contributed by atoms with Crippen LogP contribution < -0.4 is 10.1 Å². The van der Waals surface area contributed by atoms with Crippen molar-refractivity contribution in [3.8, 4) is 11.8 Å². The second-order valence-corrected chi connectivity index (χ2v) is 7.68. The molecule has 4 saturated carbocycles. The van der Waals surface area contributed by atoms with Gasteiger partial charge in [0.2, 0.25) is 0 Å². The van der Waals surface area contributed by atoms with Crippen LogP contribution >= 0.6 is 0 Å². The molecule has 4 aliphatic carbocycles. The molecular weight excluding hydrogens is 272 g/mol. The first-order chi connectivity index (χ1) is 10.7. The van der Waals surface area contributed by atoms with Crippen molar-refractivity contribution in [1.82, 2.24) is 5.32 Å². The lowest BCUT2D eigenvalue weighted by Gasteiger charge is -2.57. The van der Waals surface area contributed by atoms with Crippen LogP contribution in [-0.2, 0) is 0 Å². The van der Waals surface area contributed by atoms with Gasteiger partial charge in [0.25, 0.3) is 0 Å². The Balaban J connectivity index is 1.54. The fourth-order valence-corrected chi connectivity index (χ4v) is 5.58. The van der Waals surface area contributed by atoms with Crippen molar-refractivity contribution in [2.45, 2.75) is 50.1 Å². The van der Waals surface area contributed by atoms with E-state index in [2.05, 4.69) is 11.4 Å². The molecule has 3 nitrogen and oxygen atoms in total. The van der Waals surface area contributed by atoms with Gasteiger partial charge in [0, 0.05) is 5.54 Å². The van der Waals surface area contributed by atoms with Gasteiger partial charge in [-0.3, -0.25) is 5.32 Å². The van der Waals surface area contributed by atoms with Gasteiger partial charge in [-0.1, -0.05) is 12.1 Å². The first-order valence-electron chi connectivity index (χ1n) is 8.51. The van der Waals surface area contributed by atoms with Gasteiger partial charge in [-0.05, 0) is 74.0 Å². The standard InChI is InChI=1S/C19H24N2O/c1-22-17-4-2-16(3-5-17)18(12-20)21-19-9-13-6-14(10-19)8-15(7-13)11-19/h2-5,13-15,18,21H,6-11H2,1H3/t13?,14?,15?,18-,19?/m1/s1. The van der Waals surface area contributed by atoms with Crippen molar-refractivity contribution < 1.29 is 4.74 Å². The monoisotopic (exact) mass is 296 g/mol. The third kappa shape index (κ3) is 2.40. The Morgan fingerprint density at radius 3 is 2.09 bits per heavy atom. The molecule has 0 saturated heterocycles. The molecule has 0 aliphatic heterocycles. The molecule has 4 fully saturated rings. The Hall–Kier alpha value is -1.53. The number of methoxy groups -OCH3 is 1. The topological polar surface area (TPSA) is 45.0 Å². The molecule has 116 valence electrons. The number of nitrogens with one attached hydrogen (secondary N) is 1. The number of benzene rings is 1. The first kappa shape index (κ1) is 14.1. The van der Waals surface area contributed by atoms with Gasteiger partial charge in [0.05, 0.1) is 13.2 Å². The molecule has 0 unspecified atom stereocenters. The molecule has 1 aromatic carbocycles. The van der Waals surface area contributed by atoms with E-state index in [-0.39, 0.29) is 11.6 Å². The third-order valence-electron chi connectivity index (χ3n) is 6.07. The molecule has 1 N–H and O–H groups in total. The molecule has 0 amide bonds. The Bertz CT molecular complexity index is 551. The second-order valence-electron chi connectivity index (χ2n) is 7.68. The highest BCUT2D eigenvalue weighted by Gasteiger charge is 2.51. The molecule has 0 aromatic heterocycles. The Kier molecular flexibility index (Phi) is 3.38. The minimum atomic E-state index is -0.206. The van der Waals surface area contributed by atoms with Crippen LogP contribution in [0.25, 0.3) is 0 Å². The lowest BCUT2D eigenvalue weighted by Crippen LogP contribution is -2.58. The van der Waals surface area contributed by atoms with Crippen molar-refractivity contribution in [2.75, 3.05) is 7.11 Å². The van der Waals surface area contributed by atoms with E-state index >= 15 is 0 Å². The van der Waals surface area contributed by atoms with Gasteiger partial charge in [0.1, 0.15) is 11.8 Å². The highest BCUT2D eigenvalue weighted by Crippen LogP contribution is 2.56. The fraction of sp³-hybridized carbons (Fsp3) is 0.632. The molecule has 0 heterocycles. The zero-order chi connectivity index (χ0) is 15.2. The smallest absolute Gasteiger partial charge is 0.121 e. The normalized spacial score (nSPS) is 36.8. The van der Waals surface area contributed by atoms with Crippen molar-refractivity contribution >= 4 is 0 Å². The zero-order valence-electron chi connectivity index (χ0n) is 13.2. The van der Waals surface area contributed by atoms with E-state index in [1.165, 1.54) is 38.5 Å². The van der Waals surface area contributed by atoms with Crippen LogP contribution in [0, 0.1) is 29.1 Å². The summed E-state index contributed by atoms with van der Waals surface area (Å²) in [5.41, 5.74) is 1.27. The Morgan fingerprint density at radius 1 is 1.09 bits per heavy atom. The van der Waals surface area contributed by atoms with Crippen molar-refractivity contribution in [3.63, 3.8) is 0 Å². The predicted molar refractivity (Wildman–Crippen MR) is 85.4 cm³/mol. The quantitative estimate of drug-likeness (QED) is 0.918. The summed E-state index contributed by atoms with van der Waals surface area (Å²) in [6.45, 7) is 0. The minimum absolute atomic E-state index is 0.206. The fourth-order valence-electron chi connectivity index (χ4n) is 5.58. The van der Waals surface area contributed by atoms with Crippen LogP contribution in [0.4, 0.5) is 0 Å². The zero-order valence-corrected chi connectivity index (χ0v) is 13.2. The predicted octanol–water partition coefficient (Wildman–Crippen LogP) is 3.82. The Morgan fingerprint density at radius 2 is 1.64 bits per heavy atom. The van der Waals surface area contributed by atoms with Crippen LogP contribution in [0.1, 0.15) is 50.1 Å². The van der Waals surface area contributed by atoms with Gasteiger partial charge in [-0.2, -0.15) is 5.26 Å². The number of hydrogen-bond acceptors (Lipinski definition) is 3. The maximum atomic E-state index is 9.66. The second kappa shape index (κ2) is 5.28. The molecule has 22 heavy (non-hydrogen) atoms.